The van der Waals surface area contributed by atoms with E-state index in [1.165, 1.54) is 13.8 Å². The van der Waals surface area contributed by atoms with Crippen LogP contribution in [0.3, 0.4) is 0 Å². The molecule has 0 N–H and O–H groups in total. The molecule has 1 fully saturated rings. The zero-order chi connectivity index (χ0) is 15.3. The average Bonchev–Trinajstić information content (AvgIpc) is 2.54. The largest absolute Gasteiger partial charge is 0.485 e. The summed E-state index contributed by atoms with van der Waals surface area (Å²) in [6.45, 7) is 4.12. The van der Waals surface area contributed by atoms with E-state index in [-0.39, 0.29) is 6.42 Å². The van der Waals surface area contributed by atoms with Gasteiger partial charge in [0.2, 0.25) is 0 Å². The normalized spacial score (nSPS) is 18.6. The summed E-state index contributed by atoms with van der Waals surface area (Å²) >= 11 is 0. The molecule has 1 saturated heterocycles. The third kappa shape index (κ3) is 5.12. The third-order valence-corrected chi connectivity index (χ3v) is 5.56. The number of hydrogen-bond donors (Lipinski definition) is 0. The Hall–Kier alpha value is -1.70. The first-order valence-electron chi connectivity index (χ1n) is 6.35. The van der Waals surface area contributed by atoms with Crippen molar-refractivity contribution in [2.24, 2.45) is 5.92 Å². The molecule has 0 aromatic rings. The van der Waals surface area contributed by atoms with Crippen LogP contribution in [0, 0.1) is 5.92 Å². The fourth-order valence-electron chi connectivity index (χ4n) is 2.14. The second-order valence-electron chi connectivity index (χ2n) is 4.91. The van der Waals surface area contributed by atoms with Gasteiger partial charge in [-0.05, 0) is 12.8 Å². The standard InChI is InChI=1S/C12H18O7Si/c1-8(13)18-20(3,19-9(2)14)6-4-5-10-7-11(15)17-12(10)16/h10H,4-7H2,1-3H3. The summed E-state index contributed by atoms with van der Waals surface area (Å²) in [5, 5.41) is 0. The van der Waals surface area contributed by atoms with Gasteiger partial charge in [-0.1, -0.05) is 0 Å². The smallest absolute Gasteiger partial charge is 0.461 e. The molecule has 1 unspecified atom stereocenters. The van der Waals surface area contributed by atoms with Crippen LogP contribution in [0.2, 0.25) is 12.6 Å². The Bertz CT molecular complexity index is 416. The number of rotatable bonds is 6. The lowest BCUT2D eigenvalue weighted by Crippen LogP contribution is -2.41. The van der Waals surface area contributed by atoms with Gasteiger partial charge in [-0.3, -0.25) is 19.2 Å². The summed E-state index contributed by atoms with van der Waals surface area (Å²) in [4.78, 5) is 44.4. The number of hydrogen-bond acceptors (Lipinski definition) is 7. The highest BCUT2D eigenvalue weighted by atomic mass is 28.4. The molecule has 0 bridgehead atoms. The van der Waals surface area contributed by atoms with Gasteiger partial charge < -0.3 is 13.6 Å². The minimum Gasteiger partial charge on any atom is -0.485 e. The lowest BCUT2D eigenvalue weighted by Gasteiger charge is -2.25. The van der Waals surface area contributed by atoms with Crippen LogP contribution < -0.4 is 0 Å². The highest BCUT2D eigenvalue weighted by Crippen LogP contribution is 2.25. The molecule has 8 heteroatoms. The first-order valence-corrected chi connectivity index (χ1v) is 8.88. The highest BCUT2D eigenvalue weighted by molar-refractivity contribution is 6.69. The van der Waals surface area contributed by atoms with Crippen LogP contribution >= 0.6 is 0 Å². The van der Waals surface area contributed by atoms with Crippen molar-refractivity contribution in [2.75, 3.05) is 0 Å². The molecule has 0 amide bonds. The SMILES string of the molecule is CC(=O)O[Si](C)(CCCC1CC(=O)OC1=O)OC(C)=O. The van der Waals surface area contributed by atoms with E-state index in [9.17, 15) is 19.2 Å². The van der Waals surface area contributed by atoms with Crippen molar-refractivity contribution in [3.8, 4) is 0 Å². The maximum atomic E-state index is 11.3. The first kappa shape index (κ1) is 16.4. The van der Waals surface area contributed by atoms with Gasteiger partial charge in [0.1, 0.15) is 0 Å². The van der Waals surface area contributed by atoms with Gasteiger partial charge in [-0.15, -0.1) is 0 Å². The Balaban J connectivity index is 2.50. The summed E-state index contributed by atoms with van der Waals surface area (Å²) in [5.41, 5.74) is 0. The van der Waals surface area contributed by atoms with Crippen LogP contribution in [-0.4, -0.2) is 32.4 Å². The van der Waals surface area contributed by atoms with Gasteiger partial charge in [0.05, 0.1) is 12.3 Å². The topological polar surface area (TPSA) is 96.0 Å². The van der Waals surface area contributed by atoms with Crippen molar-refractivity contribution in [1.82, 2.24) is 0 Å². The van der Waals surface area contributed by atoms with Crippen LogP contribution in [0.5, 0.6) is 0 Å². The van der Waals surface area contributed by atoms with Crippen LogP contribution in [0.15, 0.2) is 0 Å². The van der Waals surface area contributed by atoms with E-state index >= 15 is 0 Å². The van der Waals surface area contributed by atoms with Crippen molar-refractivity contribution in [2.45, 2.75) is 45.7 Å². The number of ether oxygens (including phenoxy) is 1. The summed E-state index contributed by atoms with van der Waals surface area (Å²) in [6.07, 6.45) is 1.03. The van der Waals surface area contributed by atoms with E-state index < -0.39 is 38.4 Å². The van der Waals surface area contributed by atoms with Gasteiger partial charge in [-0.25, -0.2) is 0 Å². The number of carbonyl (C=O) groups is 4. The molecule has 0 aromatic carbocycles. The lowest BCUT2D eigenvalue weighted by atomic mass is 10.0. The fraction of sp³-hybridized carbons (Fsp3) is 0.667. The highest BCUT2D eigenvalue weighted by Gasteiger charge is 2.39. The van der Waals surface area contributed by atoms with Gasteiger partial charge in [0.25, 0.3) is 11.9 Å². The Morgan fingerprint density at radius 3 is 2.20 bits per heavy atom. The number of carbonyl (C=O) groups excluding carboxylic acids is 4. The predicted molar refractivity (Wildman–Crippen MR) is 68.4 cm³/mol. The molecule has 0 saturated carbocycles. The Kier molecular flexibility index (Phi) is 5.43. The zero-order valence-corrected chi connectivity index (χ0v) is 12.8. The van der Waals surface area contributed by atoms with Crippen molar-refractivity contribution in [3.63, 3.8) is 0 Å². The van der Waals surface area contributed by atoms with Gasteiger partial charge in [0, 0.05) is 26.4 Å². The van der Waals surface area contributed by atoms with Gasteiger partial charge >= 0.3 is 20.5 Å². The molecule has 0 aromatic heterocycles. The Morgan fingerprint density at radius 1 is 1.25 bits per heavy atom. The van der Waals surface area contributed by atoms with E-state index in [0.717, 1.165) is 0 Å². The zero-order valence-electron chi connectivity index (χ0n) is 11.8. The van der Waals surface area contributed by atoms with E-state index in [1.807, 2.05) is 0 Å². The van der Waals surface area contributed by atoms with Crippen LogP contribution in [0.1, 0.15) is 33.1 Å². The molecule has 112 valence electrons. The molecule has 1 atom stereocenters. The molecule has 20 heavy (non-hydrogen) atoms. The van der Waals surface area contributed by atoms with E-state index in [1.54, 1.807) is 6.55 Å². The first-order chi connectivity index (χ1) is 9.22. The minimum atomic E-state index is -2.92. The second kappa shape index (κ2) is 6.64. The van der Waals surface area contributed by atoms with Crippen molar-refractivity contribution >= 4 is 32.4 Å². The lowest BCUT2D eigenvalue weighted by molar-refractivity contribution is -0.153. The molecule has 7 nitrogen and oxygen atoms in total. The van der Waals surface area contributed by atoms with Gasteiger partial charge in [0.15, 0.2) is 0 Å². The second-order valence-corrected chi connectivity index (χ2v) is 8.08. The molecule has 0 aliphatic carbocycles. The molecule has 1 rings (SSSR count). The maximum absolute atomic E-state index is 11.3. The average molecular weight is 302 g/mol. The molecule has 1 aliphatic rings. The minimum absolute atomic E-state index is 0.0816. The number of cyclic esters (lactones) is 2. The Morgan fingerprint density at radius 2 is 1.80 bits per heavy atom. The molecule has 0 radical (unpaired) electrons. The molecule has 0 spiro atoms. The molecular formula is C12H18O7Si. The van der Waals surface area contributed by atoms with E-state index in [4.69, 9.17) is 8.85 Å². The summed E-state index contributed by atoms with van der Waals surface area (Å²) in [5.74, 6) is -2.49. The quantitative estimate of drug-likeness (QED) is 0.411. The van der Waals surface area contributed by atoms with Crippen molar-refractivity contribution < 1.29 is 32.8 Å². The van der Waals surface area contributed by atoms with Crippen LogP contribution in [-0.2, 0) is 32.8 Å². The molecular weight excluding hydrogens is 284 g/mol. The monoisotopic (exact) mass is 302 g/mol. The third-order valence-electron chi connectivity index (χ3n) is 2.86. The van der Waals surface area contributed by atoms with Crippen LogP contribution in [0.25, 0.3) is 0 Å². The van der Waals surface area contributed by atoms with Gasteiger partial charge in [-0.2, -0.15) is 0 Å². The molecule has 1 heterocycles. The fourth-order valence-corrected chi connectivity index (χ4v) is 4.45. The summed E-state index contributed by atoms with van der Waals surface area (Å²) in [7, 11) is -2.92. The molecule has 1 aliphatic heterocycles. The predicted octanol–water partition coefficient (Wildman–Crippen LogP) is 1.05. The van der Waals surface area contributed by atoms with Crippen LogP contribution in [0.4, 0.5) is 0 Å². The number of esters is 2. The summed E-state index contributed by atoms with van der Waals surface area (Å²) in [6, 6.07) is 0.379. The van der Waals surface area contributed by atoms with E-state index in [2.05, 4.69) is 4.74 Å². The van der Waals surface area contributed by atoms with Crippen molar-refractivity contribution in [3.05, 3.63) is 0 Å². The Labute approximate surface area is 117 Å². The summed E-state index contributed by atoms with van der Waals surface area (Å²) < 4.78 is 14.7. The maximum Gasteiger partial charge on any atom is 0.461 e. The van der Waals surface area contributed by atoms with E-state index in [0.29, 0.717) is 18.9 Å². The van der Waals surface area contributed by atoms with Crippen molar-refractivity contribution in [1.29, 1.82) is 0 Å².